The summed E-state index contributed by atoms with van der Waals surface area (Å²) in [5, 5.41) is 0. The van der Waals surface area contributed by atoms with E-state index in [9.17, 15) is 4.79 Å². The Morgan fingerprint density at radius 1 is 1.55 bits per heavy atom. The van der Waals surface area contributed by atoms with Crippen LogP contribution in [0.2, 0.25) is 0 Å². The second-order valence-corrected chi connectivity index (χ2v) is 5.42. The Hall–Kier alpha value is -1.49. The molecule has 1 aromatic rings. The number of piperidine rings is 1. The van der Waals surface area contributed by atoms with Crippen LogP contribution in [-0.4, -0.2) is 47.6 Å². The van der Waals surface area contributed by atoms with E-state index in [1.54, 1.807) is 13.3 Å². The van der Waals surface area contributed by atoms with E-state index in [1.807, 2.05) is 11.8 Å². The maximum Gasteiger partial charge on any atom is 0.257 e. The highest BCUT2D eigenvalue weighted by molar-refractivity contribution is 5.94. The standard InChI is InChI=1S/C15H23N3O2/c1-12-14(9-16-11-17-12)15(19)18-7-3-5-13(10-18)6-4-8-20-2/h9,11,13H,3-8,10H2,1-2H3/t13-/m0/s1. The van der Waals surface area contributed by atoms with Crippen LogP contribution in [0, 0.1) is 12.8 Å². The molecule has 1 saturated heterocycles. The second-order valence-electron chi connectivity index (χ2n) is 5.42. The summed E-state index contributed by atoms with van der Waals surface area (Å²) >= 11 is 0. The molecular formula is C15H23N3O2. The molecule has 0 spiro atoms. The molecule has 2 rings (SSSR count). The number of rotatable bonds is 5. The molecule has 110 valence electrons. The first-order valence-electron chi connectivity index (χ1n) is 7.27. The fourth-order valence-electron chi connectivity index (χ4n) is 2.77. The lowest BCUT2D eigenvalue weighted by Gasteiger charge is -2.33. The number of carbonyl (C=O) groups excluding carboxylic acids is 1. The van der Waals surface area contributed by atoms with E-state index in [0.29, 0.717) is 11.5 Å². The van der Waals surface area contributed by atoms with Crippen LogP contribution >= 0.6 is 0 Å². The third-order valence-electron chi connectivity index (χ3n) is 3.91. The molecule has 1 aliphatic rings. The average molecular weight is 277 g/mol. The number of aryl methyl sites for hydroxylation is 1. The summed E-state index contributed by atoms with van der Waals surface area (Å²) in [7, 11) is 1.73. The lowest BCUT2D eigenvalue weighted by atomic mass is 9.93. The minimum absolute atomic E-state index is 0.0690. The third-order valence-corrected chi connectivity index (χ3v) is 3.91. The van der Waals surface area contributed by atoms with E-state index in [0.717, 1.165) is 44.7 Å². The van der Waals surface area contributed by atoms with Gasteiger partial charge in [0.1, 0.15) is 6.33 Å². The molecule has 0 aromatic carbocycles. The third kappa shape index (κ3) is 3.76. The van der Waals surface area contributed by atoms with E-state index in [2.05, 4.69) is 9.97 Å². The SMILES string of the molecule is COCCC[C@@H]1CCCN(C(=O)c2cncnc2C)C1. The average Bonchev–Trinajstić information content (AvgIpc) is 2.48. The predicted molar refractivity (Wildman–Crippen MR) is 76.5 cm³/mol. The minimum atomic E-state index is 0.0690. The Labute approximate surface area is 120 Å². The normalized spacial score (nSPS) is 19.1. The molecule has 1 fully saturated rings. The summed E-state index contributed by atoms with van der Waals surface area (Å²) in [5.74, 6) is 0.660. The Balaban J connectivity index is 1.95. The summed E-state index contributed by atoms with van der Waals surface area (Å²) in [5.41, 5.74) is 1.39. The Morgan fingerprint density at radius 3 is 3.15 bits per heavy atom. The zero-order valence-electron chi connectivity index (χ0n) is 12.3. The molecule has 5 heteroatoms. The van der Waals surface area contributed by atoms with Gasteiger partial charge in [0, 0.05) is 33.0 Å². The minimum Gasteiger partial charge on any atom is -0.385 e. The van der Waals surface area contributed by atoms with Gasteiger partial charge in [-0.2, -0.15) is 0 Å². The van der Waals surface area contributed by atoms with Gasteiger partial charge in [-0.15, -0.1) is 0 Å². The van der Waals surface area contributed by atoms with Crippen LogP contribution in [0.3, 0.4) is 0 Å². The van der Waals surface area contributed by atoms with Crippen molar-refractivity contribution in [3.63, 3.8) is 0 Å². The number of aromatic nitrogens is 2. The van der Waals surface area contributed by atoms with Gasteiger partial charge in [-0.25, -0.2) is 9.97 Å². The second kappa shape index (κ2) is 7.33. The summed E-state index contributed by atoms with van der Waals surface area (Å²) in [4.78, 5) is 22.5. The highest BCUT2D eigenvalue weighted by Crippen LogP contribution is 2.22. The fraction of sp³-hybridized carbons (Fsp3) is 0.667. The van der Waals surface area contributed by atoms with Crippen molar-refractivity contribution in [1.82, 2.24) is 14.9 Å². The molecule has 0 unspecified atom stereocenters. The number of methoxy groups -OCH3 is 1. The number of nitrogens with zero attached hydrogens (tertiary/aromatic N) is 3. The van der Waals surface area contributed by atoms with Crippen LogP contribution in [0.25, 0.3) is 0 Å². The van der Waals surface area contributed by atoms with Gasteiger partial charge in [0.05, 0.1) is 11.3 Å². The fourth-order valence-corrected chi connectivity index (χ4v) is 2.77. The summed E-state index contributed by atoms with van der Waals surface area (Å²) < 4.78 is 5.10. The molecular weight excluding hydrogens is 254 g/mol. The van der Waals surface area contributed by atoms with Crippen molar-refractivity contribution in [2.24, 2.45) is 5.92 Å². The van der Waals surface area contributed by atoms with Crippen LogP contribution in [0.4, 0.5) is 0 Å². The topological polar surface area (TPSA) is 55.3 Å². The summed E-state index contributed by atoms with van der Waals surface area (Å²) in [6.45, 7) is 4.34. The van der Waals surface area contributed by atoms with Crippen LogP contribution < -0.4 is 0 Å². The van der Waals surface area contributed by atoms with Crippen molar-refractivity contribution < 1.29 is 9.53 Å². The quantitative estimate of drug-likeness (QED) is 0.773. The van der Waals surface area contributed by atoms with Crippen molar-refractivity contribution in [2.75, 3.05) is 26.8 Å². The lowest BCUT2D eigenvalue weighted by Crippen LogP contribution is -2.40. The molecule has 1 aromatic heterocycles. The molecule has 0 aliphatic carbocycles. The largest absolute Gasteiger partial charge is 0.385 e. The number of amides is 1. The van der Waals surface area contributed by atoms with Crippen LogP contribution in [0.15, 0.2) is 12.5 Å². The smallest absolute Gasteiger partial charge is 0.257 e. The first-order valence-corrected chi connectivity index (χ1v) is 7.27. The van der Waals surface area contributed by atoms with Crippen molar-refractivity contribution in [1.29, 1.82) is 0 Å². The van der Waals surface area contributed by atoms with Crippen LogP contribution in [0.1, 0.15) is 41.7 Å². The van der Waals surface area contributed by atoms with E-state index in [1.165, 1.54) is 12.7 Å². The van der Waals surface area contributed by atoms with E-state index in [-0.39, 0.29) is 5.91 Å². The Kier molecular flexibility index (Phi) is 5.47. The van der Waals surface area contributed by atoms with Gasteiger partial charge in [0.25, 0.3) is 5.91 Å². The first-order chi connectivity index (χ1) is 9.72. The monoisotopic (exact) mass is 277 g/mol. The molecule has 1 atom stereocenters. The molecule has 0 N–H and O–H groups in total. The Bertz CT molecular complexity index is 450. The van der Waals surface area contributed by atoms with Crippen LogP contribution in [-0.2, 0) is 4.74 Å². The highest BCUT2D eigenvalue weighted by Gasteiger charge is 2.25. The van der Waals surface area contributed by atoms with Gasteiger partial charge in [0.2, 0.25) is 0 Å². The number of likely N-dealkylation sites (tertiary alicyclic amines) is 1. The van der Waals surface area contributed by atoms with Gasteiger partial charge in [0.15, 0.2) is 0 Å². The summed E-state index contributed by atoms with van der Waals surface area (Å²) in [6, 6.07) is 0. The van der Waals surface area contributed by atoms with Gasteiger partial charge < -0.3 is 9.64 Å². The molecule has 1 aliphatic heterocycles. The molecule has 2 heterocycles. The van der Waals surface area contributed by atoms with Crippen molar-refractivity contribution in [3.8, 4) is 0 Å². The first kappa shape index (κ1) is 14.9. The zero-order valence-corrected chi connectivity index (χ0v) is 12.3. The molecule has 1 amide bonds. The van der Waals surface area contributed by atoms with E-state index in [4.69, 9.17) is 4.74 Å². The van der Waals surface area contributed by atoms with Gasteiger partial charge in [-0.1, -0.05) is 0 Å². The predicted octanol–water partition coefficient (Wildman–Crippen LogP) is 2.06. The van der Waals surface area contributed by atoms with Crippen molar-refractivity contribution in [2.45, 2.75) is 32.6 Å². The zero-order chi connectivity index (χ0) is 14.4. The molecule has 0 radical (unpaired) electrons. The number of hydrogen-bond donors (Lipinski definition) is 0. The van der Waals surface area contributed by atoms with E-state index >= 15 is 0 Å². The lowest BCUT2D eigenvalue weighted by molar-refractivity contribution is 0.0659. The molecule has 0 bridgehead atoms. The number of carbonyl (C=O) groups is 1. The van der Waals surface area contributed by atoms with E-state index < -0.39 is 0 Å². The highest BCUT2D eigenvalue weighted by atomic mass is 16.5. The number of ether oxygens (including phenoxy) is 1. The molecule has 0 saturated carbocycles. The molecule has 5 nitrogen and oxygen atoms in total. The Morgan fingerprint density at radius 2 is 2.40 bits per heavy atom. The van der Waals surface area contributed by atoms with Gasteiger partial charge in [-0.3, -0.25) is 4.79 Å². The summed E-state index contributed by atoms with van der Waals surface area (Å²) in [6.07, 6.45) is 7.58. The van der Waals surface area contributed by atoms with Crippen molar-refractivity contribution in [3.05, 3.63) is 23.8 Å². The maximum absolute atomic E-state index is 12.5. The van der Waals surface area contributed by atoms with Crippen LogP contribution in [0.5, 0.6) is 0 Å². The van der Waals surface area contributed by atoms with Gasteiger partial charge in [-0.05, 0) is 38.5 Å². The number of hydrogen-bond acceptors (Lipinski definition) is 4. The van der Waals surface area contributed by atoms with Gasteiger partial charge >= 0.3 is 0 Å². The maximum atomic E-state index is 12.5. The molecule has 20 heavy (non-hydrogen) atoms. The van der Waals surface area contributed by atoms with Crippen molar-refractivity contribution >= 4 is 5.91 Å².